The van der Waals surface area contributed by atoms with Crippen LogP contribution in [0.15, 0.2) is 24.5 Å². The van der Waals surface area contributed by atoms with Crippen molar-refractivity contribution in [1.82, 2.24) is 4.98 Å². The van der Waals surface area contributed by atoms with Gasteiger partial charge < -0.3 is 4.74 Å². The molecule has 1 rings (SSSR count). The number of esters is 1. The highest BCUT2D eigenvalue weighted by Crippen LogP contribution is 2.05. The molecule has 3 heteroatoms. The lowest BCUT2D eigenvalue weighted by Gasteiger charge is -1.96. The van der Waals surface area contributed by atoms with Gasteiger partial charge in [0.05, 0.1) is 6.20 Å². The molecule has 0 N–H and O–H groups in total. The summed E-state index contributed by atoms with van der Waals surface area (Å²) in [5, 5.41) is 0. The van der Waals surface area contributed by atoms with Gasteiger partial charge in [-0.3, -0.25) is 9.78 Å². The maximum atomic E-state index is 10.4. The zero-order chi connectivity index (χ0) is 9.40. The van der Waals surface area contributed by atoms with E-state index in [0.29, 0.717) is 5.75 Å². The summed E-state index contributed by atoms with van der Waals surface area (Å²) in [4.78, 5) is 14.1. The van der Waals surface area contributed by atoms with Crippen LogP contribution in [-0.4, -0.2) is 11.0 Å². The van der Waals surface area contributed by atoms with E-state index in [-0.39, 0.29) is 5.97 Å². The molecule has 3 nitrogen and oxygen atoms in total. The molecule has 0 aliphatic carbocycles. The lowest BCUT2D eigenvalue weighted by atomic mass is 10.5. The van der Waals surface area contributed by atoms with E-state index in [9.17, 15) is 4.79 Å². The van der Waals surface area contributed by atoms with Crippen LogP contribution in [0.25, 0.3) is 0 Å². The second-order valence-corrected chi connectivity index (χ2v) is 1.78. The monoisotopic (exact) mass is 167 g/mol. The summed E-state index contributed by atoms with van der Waals surface area (Å²) >= 11 is 0. The minimum absolute atomic E-state index is 0.326. The van der Waals surface area contributed by atoms with E-state index >= 15 is 0 Å². The summed E-state index contributed by atoms with van der Waals surface area (Å²) in [6, 6.07) is 3.38. The highest BCUT2D eigenvalue weighted by molar-refractivity contribution is 5.69. The van der Waals surface area contributed by atoms with E-state index < -0.39 is 0 Å². The van der Waals surface area contributed by atoms with Crippen molar-refractivity contribution >= 4 is 5.97 Å². The normalized spacial score (nSPS) is 7.92. The molecule has 12 heavy (non-hydrogen) atoms. The summed E-state index contributed by atoms with van der Waals surface area (Å²) in [6.45, 7) is 5.35. The van der Waals surface area contributed by atoms with Gasteiger partial charge in [0.1, 0.15) is 5.75 Å². The molecular formula is C9H13NO2. The van der Waals surface area contributed by atoms with Gasteiger partial charge >= 0.3 is 5.97 Å². The Bertz CT molecular complexity index is 221. The molecule has 0 aliphatic heterocycles. The highest BCUT2D eigenvalue weighted by Gasteiger charge is 1.93. The number of hydrogen-bond donors (Lipinski definition) is 0. The molecule has 0 saturated carbocycles. The summed E-state index contributed by atoms with van der Waals surface area (Å²) < 4.78 is 4.71. The van der Waals surface area contributed by atoms with Gasteiger partial charge in [-0.15, -0.1) is 0 Å². The van der Waals surface area contributed by atoms with Crippen LogP contribution in [0.2, 0.25) is 0 Å². The van der Waals surface area contributed by atoms with Gasteiger partial charge in [-0.2, -0.15) is 0 Å². The molecule has 0 bridgehead atoms. The second-order valence-electron chi connectivity index (χ2n) is 1.78. The van der Waals surface area contributed by atoms with Crippen molar-refractivity contribution in [2.24, 2.45) is 0 Å². The van der Waals surface area contributed by atoms with Crippen LogP contribution >= 0.6 is 0 Å². The zero-order valence-electron chi connectivity index (χ0n) is 7.57. The molecule has 0 saturated heterocycles. The van der Waals surface area contributed by atoms with Crippen molar-refractivity contribution in [3.63, 3.8) is 0 Å². The van der Waals surface area contributed by atoms with Crippen LogP contribution in [0.3, 0.4) is 0 Å². The van der Waals surface area contributed by atoms with E-state index in [0.717, 1.165) is 0 Å². The van der Waals surface area contributed by atoms with E-state index in [1.165, 1.54) is 13.1 Å². The third kappa shape index (κ3) is 4.44. The fourth-order valence-electron chi connectivity index (χ4n) is 0.573. The Balaban J connectivity index is 0.000000561. The van der Waals surface area contributed by atoms with Crippen molar-refractivity contribution in [2.45, 2.75) is 20.8 Å². The third-order valence-corrected chi connectivity index (χ3v) is 0.896. The van der Waals surface area contributed by atoms with Gasteiger partial charge in [0.2, 0.25) is 0 Å². The standard InChI is InChI=1S/C7H7NO2.C2H6/c1-6(9)10-7-3-2-4-8-5-7;1-2/h2-5H,1H3;1-2H3. The lowest BCUT2D eigenvalue weighted by molar-refractivity contribution is -0.131. The Hall–Kier alpha value is -1.38. The van der Waals surface area contributed by atoms with Crippen LogP contribution in [0.4, 0.5) is 0 Å². The molecular weight excluding hydrogens is 154 g/mol. The highest BCUT2D eigenvalue weighted by atomic mass is 16.5. The van der Waals surface area contributed by atoms with Gasteiger partial charge in [0.15, 0.2) is 0 Å². The largest absolute Gasteiger partial charge is 0.425 e. The smallest absolute Gasteiger partial charge is 0.308 e. The number of hydrogen-bond acceptors (Lipinski definition) is 3. The van der Waals surface area contributed by atoms with Gasteiger partial charge in [0, 0.05) is 13.1 Å². The average Bonchev–Trinajstić information content (AvgIpc) is 2.08. The van der Waals surface area contributed by atoms with Crippen LogP contribution in [0, 0.1) is 0 Å². The zero-order valence-corrected chi connectivity index (χ0v) is 7.57. The Kier molecular flexibility index (Phi) is 5.61. The van der Waals surface area contributed by atoms with Gasteiger partial charge in [0.25, 0.3) is 0 Å². The van der Waals surface area contributed by atoms with E-state index in [4.69, 9.17) is 4.74 Å². The first-order chi connectivity index (χ1) is 5.79. The summed E-state index contributed by atoms with van der Waals surface area (Å²) in [5.74, 6) is 0.156. The van der Waals surface area contributed by atoms with E-state index in [1.807, 2.05) is 13.8 Å². The fourth-order valence-corrected chi connectivity index (χ4v) is 0.573. The first-order valence-electron chi connectivity index (χ1n) is 3.87. The van der Waals surface area contributed by atoms with Crippen molar-refractivity contribution in [1.29, 1.82) is 0 Å². The first kappa shape index (κ1) is 10.6. The summed E-state index contributed by atoms with van der Waals surface area (Å²) in [6.07, 6.45) is 3.11. The van der Waals surface area contributed by atoms with Crippen molar-refractivity contribution in [3.05, 3.63) is 24.5 Å². The number of nitrogens with zero attached hydrogens (tertiary/aromatic N) is 1. The Morgan fingerprint density at radius 2 is 2.17 bits per heavy atom. The Morgan fingerprint density at radius 1 is 1.50 bits per heavy atom. The quantitative estimate of drug-likeness (QED) is 0.601. The molecule has 0 spiro atoms. The molecule has 1 aromatic rings. The average molecular weight is 167 g/mol. The van der Waals surface area contributed by atoms with Crippen LogP contribution < -0.4 is 4.74 Å². The minimum atomic E-state index is -0.326. The van der Waals surface area contributed by atoms with Crippen molar-refractivity contribution in [3.8, 4) is 5.75 Å². The topological polar surface area (TPSA) is 39.2 Å². The lowest BCUT2D eigenvalue weighted by Crippen LogP contribution is -2.00. The fraction of sp³-hybridized carbons (Fsp3) is 0.333. The molecule has 0 radical (unpaired) electrons. The number of rotatable bonds is 1. The summed E-state index contributed by atoms with van der Waals surface area (Å²) in [7, 11) is 0. The number of carbonyl (C=O) groups excluding carboxylic acids is 1. The maximum absolute atomic E-state index is 10.4. The number of ether oxygens (including phenoxy) is 1. The molecule has 0 fully saturated rings. The molecule has 0 aromatic carbocycles. The molecule has 0 atom stereocenters. The van der Waals surface area contributed by atoms with Gasteiger partial charge in [-0.1, -0.05) is 13.8 Å². The summed E-state index contributed by atoms with van der Waals surface area (Å²) in [5.41, 5.74) is 0. The number of carbonyl (C=O) groups is 1. The first-order valence-corrected chi connectivity index (χ1v) is 3.87. The Labute approximate surface area is 72.4 Å². The maximum Gasteiger partial charge on any atom is 0.308 e. The van der Waals surface area contributed by atoms with Crippen LogP contribution in [0.5, 0.6) is 5.75 Å². The van der Waals surface area contributed by atoms with Gasteiger partial charge in [-0.05, 0) is 12.1 Å². The minimum Gasteiger partial charge on any atom is -0.425 e. The molecule has 1 aromatic heterocycles. The van der Waals surface area contributed by atoms with Gasteiger partial charge in [-0.25, -0.2) is 0 Å². The van der Waals surface area contributed by atoms with E-state index in [2.05, 4.69) is 4.98 Å². The number of aromatic nitrogens is 1. The third-order valence-electron chi connectivity index (χ3n) is 0.896. The van der Waals surface area contributed by atoms with Crippen LogP contribution in [0.1, 0.15) is 20.8 Å². The SMILES string of the molecule is CC.CC(=O)Oc1cccnc1. The second kappa shape index (κ2) is 6.34. The molecule has 0 unspecified atom stereocenters. The predicted molar refractivity (Wildman–Crippen MR) is 46.9 cm³/mol. The predicted octanol–water partition coefficient (Wildman–Crippen LogP) is 2.03. The molecule has 66 valence electrons. The van der Waals surface area contributed by atoms with Crippen molar-refractivity contribution < 1.29 is 9.53 Å². The van der Waals surface area contributed by atoms with E-state index in [1.54, 1.807) is 18.3 Å². The van der Waals surface area contributed by atoms with Crippen molar-refractivity contribution in [2.75, 3.05) is 0 Å². The Morgan fingerprint density at radius 3 is 2.58 bits per heavy atom. The van der Waals surface area contributed by atoms with Crippen LogP contribution in [-0.2, 0) is 4.79 Å². The molecule has 0 aliphatic rings. The number of pyridine rings is 1. The molecule has 0 amide bonds. The molecule has 1 heterocycles.